The molecule has 3 nitrogen and oxygen atoms in total. The summed E-state index contributed by atoms with van der Waals surface area (Å²) in [6, 6.07) is 19.6. The molecule has 0 bridgehead atoms. The van der Waals surface area contributed by atoms with Gasteiger partial charge in [-0.2, -0.15) is 0 Å². The van der Waals surface area contributed by atoms with E-state index in [0.717, 1.165) is 16.0 Å². The standard InChI is InChI=1S/C20H16ClFNO2PS/c1-14-6-9-17(10-7-14)27-26(24)23(16-8-11-19(22)18(21)12-16)13-15-4-2-3-5-20(15)25-26/h2-12H,13H2,1H3. The summed E-state index contributed by atoms with van der Waals surface area (Å²) in [6.07, 6.45) is 0. The van der Waals surface area contributed by atoms with Crippen LogP contribution in [0.3, 0.4) is 0 Å². The van der Waals surface area contributed by atoms with Crippen LogP contribution < -0.4 is 9.19 Å². The van der Waals surface area contributed by atoms with E-state index in [1.165, 1.54) is 23.5 Å². The van der Waals surface area contributed by atoms with Crippen LogP contribution in [0.1, 0.15) is 11.1 Å². The normalized spacial score (nSPS) is 18.7. The quantitative estimate of drug-likeness (QED) is 0.424. The molecule has 0 radical (unpaired) electrons. The number of rotatable bonds is 3. The Morgan fingerprint density at radius 1 is 1.11 bits per heavy atom. The second-order valence-electron chi connectivity index (χ2n) is 6.23. The van der Waals surface area contributed by atoms with Crippen LogP contribution in [0.15, 0.2) is 71.6 Å². The molecule has 3 aromatic carbocycles. The minimum atomic E-state index is -3.38. The maximum atomic E-state index is 13.9. The highest BCUT2D eigenvalue weighted by Crippen LogP contribution is 2.68. The summed E-state index contributed by atoms with van der Waals surface area (Å²) in [5.41, 5.74) is 2.59. The van der Waals surface area contributed by atoms with Gasteiger partial charge in [-0.05, 0) is 43.3 Å². The average molecular weight is 420 g/mol. The number of benzene rings is 3. The molecular formula is C20H16ClFNO2PS. The van der Waals surface area contributed by atoms with E-state index >= 15 is 0 Å². The van der Waals surface area contributed by atoms with Crippen molar-refractivity contribution >= 4 is 35.4 Å². The molecule has 0 saturated carbocycles. The predicted molar refractivity (Wildman–Crippen MR) is 109 cm³/mol. The first-order valence-electron chi connectivity index (χ1n) is 8.31. The minimum Gasteiger partial charge on any atom is -0.421 e. The van der Waals surface area contributed by atoms with Crippen LogP contribution in [-0.4, -0.2) is 0 Å². The number of hydrogen-bond donors (Lipinski definition) is 0. The highest BCUT2D eigenvalue weighted by Gasteiger charge is 2.40. The largest absolute Gasteiger partial charge is 0.421 e. The Morgan fingerprint density at radius 2 is 1.85 bits per heavy atom. The monoisotopic (exact) mass is 419 g/mol. The smallest absolute Gasteiger partial charge is 0.407 e. The van der Waals surface area contributed by atoms with Crippen molar-refractivity contribution in [2.24, 2.45) is 0 Å². The van der Waals surface area contributed by atoms with E-state index in [4.69, 9.17) is 16.1 Å². The Balaban J connectivity index is 1.78. The zero-order valence-electron chi connectivity index (χ0n) is 14.4. The third-order valence-electron chi connectivity index (χ3n) is 4.25. The van der Waals surface area contributed by atoms with Crippen LogP contribution in [0.25, 0.3) is 0 Å². The van der Waals surface area contributed by atoms with Crippen molar-refractivity contribution in [3.05, 3.63) is 88.7 Å². The molecule has 0 N–H and O–H groups in total. The molecule has 0 aliphatic carbocycles. The van der Waals surface area contributed by atoms with Crippen molar-refractivity contribution in [1.29, 1.82) is 0 Å². The molecule has 1 heterocycles. The van der Waals surface area contributed by atoms with Gasteiger partial charge < -0.3 is 4.52 Å². The van der Waals surface area contributed by atoms with Gasteiger partial charge in [0.1, 0.15) is 11.6 Å². The van der Waals surface area contributed by atoms with Crippen LogP contribution in [0.5, 0.6) is 5.75 Å². The molecule has 27 heavy (non-hydrogen) atoms. The van der Waals surface area contributed by atoms with Gasteiger partial charge in [-0.25, -0.2) is 8.96 Å². The van der Waals surface area contributed by atoms with Crippen molar-refractivity contribution in [2.75, 3.05) is 4.67 Å². The summed E-state index contributed by atoms with van der Waals surface area (Å²) in [6.45, 7) is -1.00. The van der Waals surface area contributed by atoms with Crippen molar-refractivity contribution in [2.45, 2.75) is 18.4 Å². The fraction of sp³-hybridized carbons (Fsp3) is 0.100. The number of para-hydroxylation sites is 1. The summed E-state index contributed by atoms with van der Waals surface area (Å²) < 4.78 is 35.2. The summed E-state index contributed by atoms with van der Waals surface area (Å²) in [4.78, 5) is 0.835. The number of nitrogens with zero attached hydrogens (tertiary/aromatic N) is 1. The lowest BCUT2D eigenvalue weighted by Gasteiger charge is -2.37. The molecule has 3 aromatic rings. The maximum absolute atomic E-state index is 13.9. The van der Waals surface area contributed by atoms with Crippen LogP contribution >= 0.6 is 29.7 Å². The minimum absolute atomic E-state index is 0.0155. The number of halogens is 2. The predicted octanol–water partition coefficient (Wildman–Crippen LogP) is 7.09. The summed E-state index contributed by atoms with van der Waals surface area (Å²) in [5.74, 6) is 0.0877. The number of fused-ring (bicyclic) bond motifs is 1. The van der Waals surface area contributed by atoms with Gasteiger partial charge in [-0.15, -0.1) is 0 Å². The molecule has 4 rings (SSSR count). The molecule has 0 saturated heterocycles. The maximum Gasteiger partial charge on any atom is 0.407 e. The van der Waals surface area contributed by atoms with Crippen LogP contribution in [-0.2, 0) is 11.1 Å². The van der Waals surface area contributed by atoms with Crippen molar-refractivity contribution in [1.82, 2.24) is 0 Å². The van der Waals surface area contributed by atoms with E-state index in [9.17, 15) is 8.96 Å². The van der Waals surface area contributed by atoms with Crippen molar-refractivity contribution in [3.8, 4) is 5.75 Å². The van der Waals surface area contributed by atoms with Gasteiger partial charge in [0, 0.05) is 27.5 Å². The fourth-order valence-corrected chi connectivity index (χ4v) is 7.19. The second kappa shape index (κ2) is 7.23. The third-order valence-corrected chi connectivity index (χ3v) is 8.78. The Morgan fingerprint density at radius 3 is 2.59 bits per heavy atom. The van der Waals surface area contributed by atoms with E-state index < -0.39 is 12.5 Å². The fourth-order valence-electron chi connectivity index (χ4n) is 2.82. The number of aryl methyl sites for hydroxylation is 1. The molecule has 7 heteroatoms. The highest BCUT2D eigenvalue weighted by molar-refractivity contribution is 8.57. The van der Waals surface area contributed by atoms with Crippen molar-refractivity contribution < 1.29 is 13.5 Å². The van der Waals surface area contributed by atoms with E-state index in [1.807, 2.05) is 55.5 Å². The molecule has 0 fully saturated rings. The second-order valence-corrected chi connectivity index (χ2v) is 10.8. The third kappa shape index (κ3) is 3.73. The molecule has 0 amide bonds. The molecule has 138 valence electrons. The molecule has 1 aliphatic rings. The number of anilines is 1. The first-order chi connectivity index (χ1) is 12.9. The Bertz CT molecular complexity index is 1040. The van der Waals surface area contributed by atoms with Gasteiger partial charge in [0.15, 0.2) is 0 Å². The van der Waals surface area contributed by atoms with Gasteiger partial charge in [-0.3, -0.25) is 4.67 Å². The van der Waals surface area contributed by atoms with E-state index in [2.05, 4.69) is 0 Å². The topological polar surface area (TPSA) is 29.5 Å². The van der Waals surface area contributed by atoms with Crippen LogP contribution in [0, 0.1) is 12.7 Å². The molecular weight excluding hydrogens is 404 g/mol. The molecule has 1 atom stereocenters. The SMILES string of the molecule is Cc1ccc(SP2(=O)Oc3ccccc3CN2c2ccc(F)c(Cl)c2)cc1. The first-order valence-corrected chi connectivity index (χ1v) is 11.7. The molecule has 1 unspecified atom stereocenters. The van der Waals surface area contributed by atoms with Gasteiger partial charge in [0.25, 0.3) is 0 Å². The van der Waals surface area contributed by atoms with Crippen molar-refractivity contribution in [3.63, 3.8) is 0 Å². The van der Waals surface area contributed by atoms with Crippen LogP contribution in [0.4, 0.5) is 10.1 Å². The lowest BCUT2D eigenvalue weighted by atomic mass is 10.2. The zero-order valence-corrected chi connectivity index (χ0v) is 16.9. The first kappa shape index (κ1) is 18.4. The zero-order chi connectivity index (χ0) is 19.0. The summed E-state index contributed by atoms with van der Waals surface area (Å²) >= 11 is 7.14. The Hall–Kier alpha value is -1.94. The van der Waals surface area contributed by atoms with E-state index in [1.54, 1.807) is 10.7 Å². The molecule has 0 spiro atoms. The number of hydrogen-bond acceptors (Lipinski definition) is 3. The lowest BCUT2D eigenvalue weighted by Crippen LogP contribution is -2.25. The van der Waals surface area contributed by atoms with Gasteiger partial charge in [-0.1, -0.05) is 47.5 Å². The van der Waals surface area contributed by atoms with E-state index in [0.29, 0.717) is 18.0 Å². The van der Waals surface area contributed by atoms with Gasteiger partial charge in [0.2, 0.25) is 0 Å². The highest BCUT2D eigenvalue weighted by atomic mass is 35.5. The molecule has 0 aromatic heterocycles. The summed E-state index contributed by atoms with van der Waals surface area (Å²) in [5, 5.41) is -0.0155. The van der Waals surface area contributed by atoms with Gasteiger partial charge >= 0.3 is 6.72 Å². The molecule has 1 aliphatic heterocycles. The van der Waals surface area contributed by atoms with E-state index in [-0.39, 0.29) is 5.02 Å². The Kier molecular flexibility index (Phi) is 4.94. The Labute approximate surface area is 166 Å². The average Bonchev–Trinajstić information content (AvgIpc) is 2.65. The van der Waals surface area contributed by atoms with Gasteiger partial charge in [0.05, 0.1) is 11.6 Å². The summed E-state index contributed by atoms with van der Waals surface area (Å²) in [7, 11) is 0. The van der Waals surface area contributed by atoms with Crippen LogP contribution in [0.2, 0.25) is 5.02 Å². The lowest BCUT2D eigenvalue weighted by molar-refractivity contribution is 0.480.